The van der Waals surface area contributed by atoms with Gasteiger partial charge in [0.15, 0.2) is 5.13 Å². The van der Waals surface area contributed by atoms with E-state index in [1.165, 1.54) is 5.56 Å². The van der Waals surface area contributed by atoms with Crippen molar-refractivity contribution in [3.63, 3.8) is 0 Å². The second kappa shape index (κ2) is 6.92. The third-order valence-electron chi connectivity index (χ3n) is 3.47. The molecule has 0 aliphatic carbocycles. The molecule has 0 bridgehead atoms. The lowest BCUT2D eigenvalue weighted by Crippen LogP contribution is -2.04. The molecule has 3 rings (SSSR count). The van der Waals surface area contributed by atoms with E-state index in [4.69, 9.17) is 17.3 Å². The summed E-state index contributed by atoms with van der Waals surface area (Å²) in [6.45, 7) is 1.16. The van der Waals surface area contributed by atoms with Gasteiger partial charge >= 0.3 is 0 Å². The van der Waals surface area contributed by atoms with Crippen molar-refractivity contribution in [2.75, 3.05) is 5.32 Å². The summed E-state index contributed by atoms with van der Waals surface area (Å²) in [4.78, 5) is 4.25. The van der Waals surface area contributed by atoms with Crippen molar-refractivity contribution in [1.82, 2.24) is 4.98 Å². The van der Waals surface area contributed by atoms with Gasteiger partial charge in [0, 0.05) is 35.3 Å². The standard InChI is InChI=1S/C17H16ClN3S/c18-15-7-3-5-12(10-19)16(15)14-6-2-1-4-13(14)11-21-17-20-8-9-22-17/h1-9H,10-11,19H2,(H,20,21). The minimum Gasteiger partial charge on any atom is -0.357 e. The molecule has 3 nitrogen and oxygen atoms in total. The average molecular weight is 330 g/mol. The highest BCUT2D eigenvalue weighted by Gasteiger charge is 2.12. The van der Waals surface area contributed by atoms with Gasteiger partial charge in [-0.05, 0) is 22.8 Å². The molecule has 0 aliphatic heterocycles. The average Bonchev–Trinajstić information content (AvgIpc) is 3.06. The fourth-order valence-electron chi connectivity index (χ4n) is 2.44. The molecule has 112 valence electrons. The Balaban J connectivity index is 1.98. The highest BCUT2D eigenvalue weighted by molar-refractivity contribution is 7.13. The first kappa shape index (κ1) is 15.0. The fraction of sp³-hybridized carbons (Fsp3) is 0.118. The number of hydrogen-bond acceptors (Lipinski definition) is 4. The summed E-state index contributed by atoms with van der Waals surface area (Å²) < 4.78 is 0. The quantitative estimate of drug-likeness (QED) is 0.722. The van der Waals surface area contributed by atoms with Crippen molar-refractivity contribution in [2.24, 2.45) is 5.73 Å². The molecule has 0 spiro atoms. The van der Waals surface area contributed by atoms with Gasteiger partial charge in [0.25, 0.3) is 0 Å². The van der Waals surface area contributed by atoms with Crippen LogP contribution < -0.4 is 11.1 Å². The number of benzene rings is 2. The molecule has 22 heavy (non-hydrogen) atoms. The molecule has 0 saturated carbocycles. The van der Waals surface area contributed by atoms with Crippen LogP contribution in [0.2, 0.25) is 5.02 Å². The predicted octanol–water partition coefficient (Wildman–Crippen LogP) is 4.53. The topological polar surface area (TPSA) is 50.9 Å². The van der Waals surface area contributed by atoms with Gasteiger partial charge in [0.1, 0.15) is 0 Å². The first-order valence-corrected chi connectivity index (χ1v) is 8.24. The van der Waals surface area contributed by atoms with Crippen LogP contribution in [-0.4, -0.2) is 4.98 Å². The number of nitrogens with two attached hydrogens (primary N) is 1. The van der Waals surface area contributed by atoms with Crippen molar-refractivity contribution < 1.29 is 0 Å². The summed E-state index contributed by atoms with van der Waals surface area (Å²) >= 11 is 8.01. The molecule has 0 amide bonds. The highest BCUT2D eigenvalue weighted by atomic mass is 35.5. The molecule has 3 aromatic rings. The van der Waals surface area contributed by atoms with Crippen molar-refractivity contribution in [1.29, 1.82) is 0 Å². The Morgan fingerprint density at radius 1 is 1.09 bits per heavy atom. The first-order valence-electron chi connectivity index (χ1n) is 6.98. The normalized spacial score (nSPS) is 10.6. The smallest absolute Gasteiger partial charge is 0.182 e. The Morgan fingerprint density at radius 3 is 2.68 bits per heavy atom. The van der Waals surface area contributed by atoms with Crippen LogP contribution in [0.3, 0.4) is 0 Å². The summed E-state index contributed by atoms with van der Waals surface area (Å²) in [5.41, 5.74) is 10.2. The number of halogens is 1. The maximum absolute atomic E-state index is 6.43. The van der Waals surface area contributed by atoms with Crippen molar-refractivity contribution in [3.8, 4) is 11.1 Å². The molecule has 2 aromatic carbocycles. The zero-order valence-corrected chi connectivity index (χ0v) is 13.5. The van der Waals surface area contributed by atoms with E-state index in [1.54, 1.807) is 17.5 Å². The van der Waals surface area contributed by atoms with Gasteiger partial charge < -0.3 is 11.1 Å². The Hall–Kier alpha value is -1.88. The lowest BCUT2D eigenvalue weighted by molar-refractivity contribution is 1.07. The zero-order valence-electron chi connectivity index (χ0n) is 11.9. The number of aromatic nitrogens is 1. The minimum absolute atomic E-state index is 0.462. The van der Waals surface area contributed by atoms with Gasteiger partial charge in [0.05, 0.1) is 0 Å². The molecule has 0 atom stereocenters. The number of anilines is 1. The number of nitrogens with zero attached hydrogens (tertiary/aromatic N) is 1. The highest BCUT2D eigenvalue weighted by Crippen LogP contribution is 2.34. The number of thiazole rings is 1. The van der Waals surface area contributed by atoms with Crippen LogP contribution in [0.25, 0.3) is 11.1 Å². The van der Waals surface area contributed by atoms with E-state index in [1.807, 2.05) is 35.7 Å². The Bertz CT molecular complexity index is 756. The van der Waals surface area contributed by atoms with Crippen LogP contribution in [0, 0.1) is 0 Å². The summed E-state index contributed by atoms with van der Waals surface area (Å²) in [6.07, 6.45) is 1.79. The molecule has 0 saturated heterocycles. The van der Waals surface area contributed by atoms with E-state index in [9.17, 15) is 0 Å². The lowest BCUT2D eigenvalue weighted by Gasteiger charge is -2.15. The van der Waals surface area contributed by atoms with Gasteiger partial charge in [-0.1, -0.05) is 48.0 Å². The monoisotopic (exact) mass is 329 g/mol. The molecule has 1 aromatic heterocycles. The molecule has 0 radical (unpaired) electrons. The van der Waals surface area contributed by atoms with Gasteiger partial charge in [-0.25, -0.2) is 4.98 Å². The van der Waals surface area contributed by atoms with E-state index >= 15 is 0 Å². The second-order valence-electron chi connectivity index (χ2n) is 4.83. The second-order valence-corrected chi connectivity index (χ2v) is 6.13. The lowest BCUT2D eigenvalue weighted by atomic mass is 9.95. The van der Waals surface area contributed by atoms with Crippen molar-refractivity contribution >= 4 is 28.1 Å². The first-order chi connectivity index (χ1) is 10.8. The van der Waals surface area contributed by atoms with Crippen LogP contribution in [-0.2, 0) is 13.1 Å². The van der Waals surface area contributed by atoms with E-state index in [-0.39, 0.29) is 0 Å². The maximum Gasteiger partial charge on any atom is 0.182 e. The number of hydrogen-bond donors (Lipinski definition) is 2. The van der Waals surface area contributed by atoms with Crippen molar-refractivity contribution in [2.45, 2.75) is 13.1 Å². The molecule has 0 unspecified atom stereocenters. The van der Waals surface area contributed by atoms with Gasteiger partial charge in [-0.2, -0.15) is 0 Å². The van der Waals surface area contributed by atoms with E-state index in [0.717, 1.165) is 26.8 Å². The molecule has 1 heterocycles. The zero-order chi connectivity index (χ0) is 15.4. The van der Waals surface area contributed by atoms with Crippen LogP contribution in [0.5, 0.6) is 0 Å². The molecule has 3 N–H and O–H groups in total. The van der Waals surface area contributed by atoms with E-state index in [0.29, 0.717) is 13.1 Å². The van der Waals surface area contributed by atoms with Gasteiger partial charge in [0.2, 0.25) is 0 Å². The van der Waals surface area contributed by atoms with E-state index < -0.39 is 0 Å². The predicted molar refractivity (Wildman–Crippen MR) is 94.2 cm³/mol. The number of rotatable bonds is 5. The largest absolute Gasteiger partial charge is 0.357 e. The summed E-state index contributed by atoms with van der Waals surface area (Å²) in [5.74, 6) is 0. The third-order valence-corrected chi connectivity index (χ3v) is 4.51. The van der Waals surface area contributed by atoms with Crippen LogP contribution in [0.4, 0.5) is 5.13 Å². The molecular formula is C17H16ClN3S. The molecule has 0 fully saturated rings. The molecule has 0 aliphatic rings. The third kappa shape index (κ3) is 3.14. The molecule has 5 heteroatoms. The summed E-state index contributed by atoms with van der Waals surface area (Å²) in [6, 6.07) is 14.1. The van der Waals surface area contributed by atoms with Crippen LogP contribution in [0.15, 0.2) is 54.0 Å². The Kier molecular flexibility index (Phi) is 4.73. The van der Waals surface area contributed by atoms with E-state index in [2.05, 4.69) is 22.4 Å². The van der Waals surface area contributed by atoms with Gasteiger partial charge in [-0.15, -0.1) is 11.3 Å². The minimum atomic E-state index is 0.462. The van der Waals surface area contributed by atoms with Gasteiger partial charge in [-0.3, -0.25) is 0 Å². The maximum atomic E-state index is 6.43. The Labute approximate surface area is 138 Å². The van der Waals surface area contributed by atoms with Crippen molar-refractivity contribution in [3.05, 3.63) is 70.2 Å². The van der Waals surface area contributed by atoms with Crippen LogP contribution >= 0.6 is 22.9 Å². The molecular weight excluding hydrogens is 314 g/mol. The number of nitrogens with one attached hydrogen (secondary N) is 1. The van der Waals surface area contributed by atoms with Crippen LogP contribution in [0.1, 0.15) is 11.1 Å². The summed E-state index contributed by atoms with van der Waals surface area (Å²) in [5, 5.41) is 6.93. The SMILES string of the molecule is NCc1cccc(Cl)c1-c1ccccc1CNc1nccs1. The fourth-order valence-corrected chi connectivity index (χ4v) is 3.26. The summed E-state index contributed by atoms with van der Waals surface area (Å²) in [7, 11) is 0. The Morgan fingerprint density at radius 2 is 1.91 bits per heavy atom.